The van der Waals surface area contributed by atoms with Crippen molar-refractivity contribution in [3.63, 3.8) is 0 Å². The second-order valence-electron chi connectivity index (χ2n) is 21.6. The predicted molar refractivity (Wildman–Crippen MR) is 325 cm³/mol. The Morgan fingerprint density at radius 3 is 1.30 bits per heavy atom. The minimum absolute atomic E-state index is 0. The van der Waals surface area contributed by atoms with Crippen molar-refractivity contribution in [2.75, 3.05) is 98.0 Å². The second kappa shape index (κ2) is 24.1. The van der Waals surface area contributed by atoms with Gasteiger partial charge in [-0.15, -0.1) is 0 Å². The fourth-order valence-corrected chi connectivity index (χ4v) is 10.1. The molecule has 10 heterocycles. The van der Waals surface area contributed by atoms with Gasteiger partial charge in [-0.3, -0.25) is 27.6 Å². The van der Waals surface area contributed by atoms with E-state index >= 15 is 0 Å². The summed E-state index contributed by atoms with van der Waals surface area (Å²) >= 11 is 0. The number of imidazole rings is 3. The third-order valence-corrected chi connectivity index (χ3v) is 14.4. The first-order chi connectivity index (χ1) is 40.1. The molecule has 0 unspecified atom stereocenters. The SMILES string of the molecule is CNC(=O)c1cc2ncc(NC3CCN(C)CC3)nc2n2c1nc1ccccc12.CNC(=O)c1cc2ncc(NCC[N+](C)(C)C)nc2n2c1nc1ccccc12.CNC(=O)c1cc2ncc(NC[C@@H](C)N)nc2n2c1nc1ccccc12.[Cl-]. The van der Waals surface area contributed by atoms with Gasteiger partial charge in [0.05, 0.1) is 103 Å². The summed E-state index contributed by atoms with van der Waals surface area (Å²) in [5.41, 5.74) is 18.0. The van der Waals surface area contributed by atoms with Gasteiger partial charge in [0.25, 0.3) is 17.7 Å². The highest BCUT2D eigenvalue weighted by molar-refractivity contribution is 6.07. The Morgan fingerprint density at radius 1 is 0.548 bits per heavy atom. The highest BCUT2D eigenvalue weighted by Gasteiger charge is 2.23. The number of aromatic nitrogens is 12. The maximum atomic E-state index is 12.5. The van der Waals surface area contributed by atoms with Crippen LogP contribution in [0.5, 0.6) is 0 Å². The van der Waals surface area contributed by atoms with E-state index in [1.54, 1.807) is 57.9 Å². The number of nitrogens with two attached hydrogens (primary N) is 1. The number of nitrogens with one attached hydrogen (secondary N) is 6. The van der Waals surface area contributed by atoms with Gasteiger partial charge in [-0.05, 0) is 94.5 Å². The number of pyridine rings is 3. The molecule has 84 heavy (non-hydrogen) atoms. The standard InChI is InChI=1S/C21H23N7O.C20H23N7O.C18H19N7O.ClH/c1-22-21(29)14-11-16-20(28-17-6-4-3-5-15(17)25-19(14)28)26-18(12-23-16)24-13-7-9-27(2)10-8-13;1-21-20(28)13-11-15-19(25-17(12-23-15)22-9-10-27(2,3)4)26-16-8-6-5-7-14(16)24-18(13)26;1-10(19)8-22-15-9-21-13-7-11(18(26)20-2)16-23-12-5-3-4-6-14(12)25(16)17(13)24-15;/h3-6,11-13H,7-10H2,1-2H3,(H,22,29)(H,24,26);5-8,11-12H,9-10H2,1-4H3,(H-,21,22,24,25,28);3-7,9-10H,8,19H2,1-2H3,(H,20,26)(H,22,24);1H/t;;10-;/m..1./s1. The lowest BCUT2D eigenvalue weighted by molar-refractivity contribution is -0.868. The lowest BCUT2D eigenvalue weighted by Gasteiger charge is -2.29. The molecule has 432 valence electrons. The molecule has 1 fully saturated rings. The van der Waals surface area contributed by atoms with E-state index in [1.807, 2.05) is 92.9 Å². The first-order valence-electron chi connectivity index (χ1n) is 27.5. The highest BCUT2D eigenvalue weighted by Crippen LogP contribution is 2.29. The Hall–Kier alpha value is -9.49. The van der Waals surface area contributed by atoms with Crippen LogP contribution in [0.15, 0.2) is 110 Å². The van der Waals surface area contributed by atoms with Crippen molar-refractivity contribution in [3.05, 3.63) is 126 Å². The molecule has 1 atom stereocenters. The smallest absolute Gasteiger partial charge is 0.254 e. The molecular formula is C59H66ClN21O3. The number of quaternary nitrogens is 1. The summed E-state index contributed by atoms with van der Waals surface area (Å²) in [5.74, 6) is 1.47. The Labute approximate surface area is 488 Å². The summed E-state index contributed by atoms with van der Waals surface area (Å²) < 4.78 is 6.58. The van der Waals surface area contributed by atoms with E-state index in [-0.39, 0.29) is 36.2 Å². The minimum Gasteiger partial charge on any atom is -1.00 e. The molecule has 3 aromatic carbocycles. The average molecular weight is 1150 g/mol. The van der Waals surface area contributed by atoms with Crippen LogP contribution in [0.25, 0.3) is 83.5 Å². The molecule has 1 saturated heterocycles. The number of likely N-dealkylation sites (tertiary alicyclic amines) is 1. The van der Waals surface area contributed by atoms with E-state index in [0.717, 1.165) is 82.4 Å². The van der Waals surface area contributed by atoms with Gasteiger partial charge in [0, 0.05) is 39.8 Å². The maximum Gasteiger partial charge on any atom is 0.254 e. The molecule has 9 aromatic heterocycles. The molecule has 0 saturated carbocycles. The fourth-order valence-electron chi connectivity index (χ4n) is 10.1. The average Bonchev–Trinajstić information content (AvgIpc) is 1.73. The molecule has 0 aliphatic carbocycles. The molecule has 0 radical (unpaired) electrons. The van der Waals surface area contributed by atoms with Crippen molar-refractivity contribution >= 4 is 119 Å². The van der Waals surface area contributed by atoms with E-state index in [0.29, 0.717) is 91.3 Å². The number of nitrogens with zero attached hydrogens (tertiary/aromatic N) is 14. The van der Waals surface area contributed by atoms with Gasteiger partial charge >= 0.3 is 0 Å². The molecule has 1 aliphatic heterocycles. The monoisotopic (exact) mass is 1150 g/mol. The number of hydrogen-bond donors (Lipinski definition) is 7. The first kappa shape index (κ1) is 57.7. The predicted octanol–water partition coefficient (Wildman–Crippen LogP) is 2.76. The molecule has 0 spiro atoms. The van der Waals surface area contributed by atoms with Crippen LogP contribution < -0.4 is 50.0 Å². The number of fused-ring (bicyclic) bond motifs is 15. The van der Waals surface area contributed by atoms with Crippen LogP contribution >= 0.6 is 0 Å². The zero-order valence-corrected chi connectivity index (χ0v) is 48.7. The molecule has 25 heteroatoms. The normalized spacial score (nSPS) is 13.4. The number of rotatable bonds is 12. The zero-order valence-electron chi connectivity index (χ0n) is 47.9. The van der Waals surface area contributed by atoms with Crippen LogP contribution in [-0.4, -0.2) is 179 Å². The van der Waals surface area contributed by atoms with Crippen LogP contribution in [0.3, 0.4) is 0 Å². The number of anilines is 3. The number of hydrogen-bond acceptors (Lipinski definition) is 17. The van der Waals surface area contributed by atoms with Crippen LogP contribution in [0.2, 0.25) is 0 Å². The summed E-state index contributed by atoms with van der Waals surface area (Å²) in [6.07, 6.45) is 7.25. The largest absolute Gasteiger partial charge is 1.00 e. The number of carbonyl (C=O) groups excluding carboxylic acids is 3. The number of amides is 3. The van der Waals surface area contributed by atoms with Gasteiger partial charge in [-0.2, -0.15) is 0 Å². The Balaban J connectivity index is 0.000000140. The van der Waals surface area contributed by atoms with Crippen molar-refractivity contribution < 1.29 is 31.3 Å². The molecule has 3 amide bonds. The lowest BCUT2D eigenvalue weighted by atomic mass is 10.1. The second-order valence-corrected chi connectivity index (χ2v) is 21.6. The van der Waals surface area contributed by atoms with E-state index < -0.39 is 0 Å². The van der Waals surface area contributed by atoms with Crippen LogP contribution in [0, 0.1) is 0 Å². The summed E-state index contributed by atoms with van der Waals surface area (Å²) in [6.45, 7) is 6.39. The van der Waals surface area contributed by atoms with Gasteiger partial charge in [0.2, 0.25) is 0 Å². The number of carbonyl (C=O) groups is 3. The Kier molecular flexibility index (Phi) is 16.6. The van der Waals surface area contributed by atoms with E-state index in [9.17, 15) is 14.4 Å². The summed E-state index contributed by atoms with van der Waals surface area (Å²) in [5, 5.41) is 18.1. The van der Waals surface area contributed by atoms with E-state index in [2.05, 4.69) is 94.9 Å². The number of benzene rings is 3. The third kappa shape index (κ3) is 11.6. The third-order valence-electron chi connectivity index (χ3n) is 14.4. The zero-order chi connectivity index (χ0) is 58.1. The molecule has 12 aromatic rings. The van der Waals surface area contributed by atoms with E-state index in [4.69, 9.17) is 20.7 Å². The van der Waals surface area contributed by atoms with Gasteiger partial charge in [0.15, 0.2) is 33.9 Å². The lowest BCUT2D eigenvalue weighted by Crippen LogP contribution is -3.00. The maximum absolute atomic E-state index is 12.5. The molecule has 0 bridgehead atoms. The van der Waals surface area contributed by atoms with Crippen molar-refractivity contribution in [3.8, 4) is 0 Å². The van der Waals surface area contributed by atoms with Crippen molar-refractivity contribution in [2.24, 2.45) is 5.73 Å². The summed E-state index contributed by atoms with van der Waals surface area (Å²) in [4.78, 5) is 81.6. The molecule has 8 N–H and O–H groups in total. The highest BCUT2D eigenvalue weighted by atomic mass is 35.5. The van der Waals surface area contributed by atoms with Crippen molar-refractivity contribution in [1.29, 1.82) is 0 Å². The van der Waals surface area contributed by atoms with Gasteiger partial charge in [0.1, 0.15) is 34.0 Å². The van der Waals surface area contributed by atoms with Gasteiger partial charge in [-0.1, -0.05) is 36.4 Å². The summed E-state index contributed by atoms with van der Waals surface area (Å²) in [6, 6.07) is 28.9. The summed E-state index contributed by atoms with van der Waals surface area (Å²) in [7, 11) is 13.4. The fraction of sp³-hybridized carbons (Fsp3) is 0.288. The topological polar surface area (TPSA) is 282 Å². The van der Waals surface area contributed by atoms with Crippen molar-refractivity contribution in [1.82, 2.24) is 78.9 Å². The van der Waals surface area contributed by atoms with Crippen molar-refractivity contribution in [2.45, 2.75) is 31.8 Å². The molecule has 24 nitrogen and oxygen atoms in total. The first-order valence-corrected chi connectivity index (χ1v) is 27.5. The number of piperidine rings is 1. The quantitative estimate of drug-likeness (QED) is 0.0866. The molecular weight excluding hydrogens is 1090 g/mol. The number of likely N-dealkylation sites (N-methyl/N-ethyl adjacent to an activating group) is 1. The van der Waals surface area contributed by atoms with Crippen LogP contribution in [0.4, 0.5) is 17.5 Å². The van der Waals surface area contributed by atoms with Gasteiger partial charge in [-0.25, -0.2) is 44.9 Å². The number of para-hydroxylation sites is 6. The Bertz CT molecular complexity index is 4450. The molecule has 13 rings (SSSR count). The van der Waals surface area contributed by atoms with Gasteiger partial charge < -0.3 is 59.4 Å². The van der Waals surface area contributed by atoms with Crippen LogP contribution in [0.1, 0.15) is 50.8 Å². The molecule has 1 aliphatic rings. The number of halogens is 1. The Morgan fingerprint density at radius 2 is 0.917 bits per heavy atom. The van der Waals surface area contributed by atoms with Crippen LogP contribution in [-0.2, 0) is 0 Å². The van der Waals surface area contributed by atoms with E-state index in [1.165, 1.54) is 0 Å². The minimum atomic E-state index is -0.215.